The quantitative estimate of drug-likeness (QED) is 0.757. The molecule has 0 spiro atoms. The summed E-state index contributed by atoms with van der Waals surface area (Å²) in [4.78, 5) is 0. The molecule has 1 aliphatic rings. The molecule has 16 heavy (non-hydrogen) atoms. The summed E-state index contributed by atoms with van der Waals surface area (Å²) in [5.41, 5.74) is 2.73. The van der Waals surface area contributed by atoms with Gasteiger partial charge in [0.25, 0.3) is 0 Å². The van der Waals surface area contributed by atoms with Gasteiger partial charge < -0.3 is 5.32 Å². The fraction of sp³-hybridized carbons (Fsp3) is 0.467. The lowest BCUT2D eigenvalue weighted by Crippen LogP contribution is -2.30. The molecule has 0 aliphatic heterocycles. The zero-order valence-corrected chi connectivity index (χ0v) is 10.2. The maximum atomic E-state index is 3.68. The molecule has 0 aromatic heterocycles. The van der Waals surface area contributed by atoms with Crippen LogP contribution in [-0.4, -0.2) is 6.04 Å². The number of allylic oxidation sites excluding steroid dienone is 1. The van der Waals surface area contributed by atoms with Crippen LogP contribution in [0.15, 0.2) is 36.4 Å². The average molecular weight is 215 g/mol. The first-order valence-electron chi connectivity index (χ1n) is 6.25. The van der Waals surface area contributed by atoms with Crippen LogP contribution in [0.2, 0.25) is 0 Å². The minimum Gasteiger partial charge on any atom is -0.304 e. The number of nitrogens with one attached hydrogen (secondary N) is 1. The average Bonchev–Trinajstić information content (AvgIpc) is 2.30. The van der Waals surface area contributed by atoms with Crippen LogP contribution < -0.4 is 5.32 Å². The lowest BCUT2D eigenvalue weighted by atomic mass is 10.00. The molecule has 2 unspecified atom stereocenters. The van der Waals surface area contributed by atoms with E-state index in [0.717, 1.165) is 0 Å². The van der Waals surface area contributed by atoms with E-state index in [9.17, 15) is 0 Å². The second-order valence-corrected chi connectivity index (χ2v) is 4.77. The van der Waals surface area contributed by atoms with Gasteiger partial charge in [-0.2, -0.15) is 0 Å². The van der Waals surface area contributed by atoms with Gasteiger partial charge in [0.2, 0.25) is 0 Å². The minimum absolute atomic E-state index is 0.438. The molecule has 1 aromatic rings. The van der Waals surface area contributed by atoms with Crippen LogP contribution in [0.3, 0.4) is 0 Å². The molecule has 0 saturated heterocycles. The van der Waals surface area contributed by atoms with E-state index in [1.54, 1.807) is 0 Å². The summed E-state index contributed by atoms with van der Waals surface area (Å²) < 4.78 is 0. The van der Waals surface area contributed by atoms with Gasteiger partial charge in [-0.05, 0) is 38.7 Å². The van der Waals surface area contributed by atoms with Crippen molar-refractivity contribution in [3.63, 3.8) is 0 Å². The van der Waals surface area contributed by atoms with Gasteiger partial charge in [0.1, 0.15) is 0 Å². The Morgan fingerprint density at radius 1 is 1.38 bits per heavy atom. The van der Waals surface area contributed by atoms with Crippen molar-refractivity contribution in [1.82, 2.24) is 5.32 Å². The van der Waals surface area contributed by atoms with Gasteiger partial charge in [-0.25, -0.2) is 0 Å². The van der Waals surface area contributed by atoms with Crippen LogP contribution >= 0.6 is 0 Å². The van der Waals surface area contributed by atoms with Gasteiger partial charge in [-0.15, -0.1) is 0 Å². The second-order valence-electron chi connectivity index (χ2n) is 4.77. The van der Waals surface area contributed by atoms with Crippen molar-refractivity contribution in [3.05, 3.63) is 47.5 Å². The standard InChI is InChI=1S/C15H21N/c1-12-7-6-8-14(11-12)13(2)16-15-9-4-3-5-10-15/h4,6-9,11,13,15-16H,3,5,10H2,1-2H3. The zero-order valence-electron chi connectivity index (χ0n) is 10.2. The smallest absolute Gasteiger partial charge is 0.0297 e. The van der Waals surface area contributed by atoms with Crippen LogP contribution in [0.1, 0.15) is 43.4 Å². The molecule has 1 N–H and O–H groups in total. The minimum atomic E-state index is 0.438. The maximum Gasteiger partial charge on any atom is 0.0297 e. The highest BCUT2D eigenvalue weighted by Crippen LogP contribution is 2.18. The Kier molecular flexibility index (Phi) is 3.79. The Morgan fingerprint density at radius 3 is 2.94 bits per heavy atom. The summed E-state index contributed by atoms with van der Waals surface area (Å²) in [5, 5.41) is 3.68. The number of aryl methyl sites for hydroxylation is 1. The molecular weight excluding hydrogens is 194 g/mol. The first-order chi connectivity index (χ1) is 7.75. The summed E-state index contributed by atoms with van der Waals surface area (Å²) >= 11 is 0. The van der Waals surface area contributed by atoms with Crippen molar-refractivity contribution in [3.8, 4) is 0 Å². The normalized spacial score (nSPS) is 22.0. The molecule has 0 heterocycles. The van der Waals surface area contributed by atoms with Gasteiger partial charge in [-0.1, -0.05) is 42.0 Å². The molecule has 1 nitrogen and oxygen atoms in total. The van der Waals surface area contributed by atoms with Gasteiger partial charge in [-0.3, -0.25) is 0 Å². The molecule has 0 bridgehead atoms. The molecule has 2 atom stereocenters. The third-order valence-electron chi connectivity index (χ3n) is 3.26. The zero-order chi connectivity index (χ0) is 11.4. The molecule has 0 saturated carbocycles. The Morgan fingerprint density at radius 2 is 2.25 bits per heavy atom. The van der Waals surface area contributed by atoms with Crippen molar-refractivity contribution in [2.45, 2.75) is 45.2 Å². The van der Waals surface area contributed by atoms with Crippen molar-refractivity contribution in [2.75, 3.05) is 0 Å². The first-order valence-corrected chi connectivity index (χ1v) is 6.25. The fourth-order valence-electron chi connectivity index (χ4n) is 2.31. The lowest BCUT2D eigenvalue weighted by molar-refractivity contribution is 0.467. The van der Waals surface area contributed by atoms with E-state index in [4.69, 9.17) is 0 Å². The van der Waals surface area contributed by atoms with E-state index in [-0.39, 0.29) is 0 Å². The monoisotopic (exact) mass is 215 g/mol. The predicted octanol–water partition coefficient (Wildman–Crippen LogP) is 3.75. The van der Waals surface area contributed by atoms with E-state index in [2.05, 4.69) is 55.6 Å². The highest BCUT2D eigenvalue weighted by Gasteiger charge is 2.12. The third-order valence-corrected chi connectivity index (χ3v) is 3.26. The van der Waals surface area contributed by atoms with Crippen molar-refractivity contribution in [2.24, 2.45) is 0 Å². The van der Waals surface area contributed by atoms with Crippen LogP contribution in [0.5, 0.6) is 0 Å². The molecular formula is C15H21N. The molecule has 2 rings (SSSR count). The predicted molar refractivity (Wildman–Crippen MR) is 69.5 cm³/mol. The summed E-state index contributed by atoms with van der Waals surface area (Å²) in [6, 6.07) is 9.76. The molecule has 1 aromatic carbocycles. The Labute approximate surface area is 98.6 Å². The Bertz CT molecular complexity index is 367. The largest absolute Gasteiger partial charge is 0.304 e. The molecule has 0 fully saturated rings. The Balaban J connectivity index is 1.99. The highest BCUT2D eigenvalue weighted by molar-refractivity contribution is 5.25. The highest BCUT2D eigenvalue weighted by atomic mass is 14.9. The second kappa shape index (κ2) is 5.31. The van der Waals surface area contributed by atoms with Gasteiger partial charge in [0.05, 0.1) is 0 Å². The van der Waals surface area contributed by atoms with Gasteiger partial charge in [0, 0.05) is 12.1 Å². The van der Waals surface area contributed by atoms with E-state index in [1.165, 1.54) is 30.4 Å². The Hall–Kier alpha value is -1.08. The van der Waals surface area contributed by atoms with Crippen LogP contribution in [0.25, 0.3) is 0 Å². The van der Waals surface area contributed by atoms with E-state index < -0.39 is 0 Å². The van der Waals surface area contributed by atoms with Gasteiger partial charge >= 0.3 is 0 Å². The van der Waals surface area contributed by atoms with Crippen molar-refractivity contribution >= 4 is 0 Å². The molecule has 0 amide bonds. The van der Waals surface area contributed by atoms with E-state index in [1.807, 2.05) is 0 Å². The number of benzene rings is 1. The van der Waals surface area contributed by atoms with Gasteiger partial charge in [0.15, 0.2) is 0 Å². The van der Waals surface area contributed by atoms with Crippen LogP contribution in [-0.2, 0) is 0 Å². The summed E-state index contributed by atoms with van der Waals surface area (Å²) in [7, 11) is 0. The van der Waals surface area contributed by atoms with E-state index >= 15 is 0 Å². The lowest BCUT2D eigenvalue weighted by Gasteiger charge is -2.23. The molecule has 1 aliphatic carbocycles. The summed E-state index contributed by atoms with van der Waals surface area (Å²) in [6.45, 7) is 4.40. The van der Waals surface area contributed by atoms with Crippen LogP contribution in [0, 0.1) is 6.92 Å². The number of rotatable bonds is 3. The summed E-state index contributed by atoms with van der Waals surface area (Å²) in [5.74, 6) is 0. The molecule has 1 heteroatoms. The van der Waals surface area contributed by atoms with Crippen molar-refractivity contribution < 1.29 is 0 Å². The van der Waals surface area contributed by atoms with Crippen LogP contribution in [0.4, 0.5) is 0 Å². The topological polar surface area (TPSA) is 12.0 Å². The van der Waals surface area contributed by atoms with E-state index in [0.29, 0.717) is 12.1 Å². The number of hydrogen-bond donors (Lipinski definition) is 1. The molecule has 0 radical (unpaired) electrons. The first kappa shape index (κ1) is 11.4. The maximum absolute atomic E-state index is 3.68. The van der Waals surface area contributed by atoms with Crippen molar-refractivity contribution in [1.29, 1.82) is 0 Å². The number of hydrogen-bond acceptors (Lipinski definition) is 1. The summed E-state index contributed by atoms with van der Waals surface area (Å²) in [6.07, 6.45) is 8.44. The fourth-order valence-corrected chi connectivity index (χ4v) is 2.31. The SMILES string of the molecule is Cc1cccc(C(C)NC2C=CCCC2)c1. The third kappa shape index (κ3) is 2.96. The molecule has 86 valence electrons.